The van der Waals surface area contributed by atoms with Crippen molar-refractivity contribution in [1.82, 2.24) is 10.3 Å². The molecule has 1 saturated carbocycles. The van der Waals surface area contributed by atoms with Crippen LogP contribution in [0.2, 0.25) is 0 Å². The molecule has 2 N–H and O–H groups in total. The molecule has 0 radical (unpaired) electrons. The third-order valence-electron chi connectivity index (χ3n) is 5.64. The molecule has 0 amide bonds. The van der Waals surface area contributed by atoms with Gasteiger partial charge in [-0.25, -0.2) is 0 Å². The standard InChI is InChI=1S/C20H30N2O3/c1-21-19(20(23)24)10-11-25-17-12-14(13-17)6-8-16-9-7-15-4-2-3-5-18(15)22-16/h7,9,14,17,19,21H,2-6,8,10-13H2,1H3,(H,23,24). The van der Waals surface area contributed by atoms with Crippen molar-refractivity contribution in [3.63, 3.8) is 0 Å². The number of ether oxygens (including phenoxy) is 1. The van der Waals surface area contributed by atoms with E-state index >= 15 is 0 Å². The summed E-state index contributed by atoms with van der Waals surface area (Å²) in [5.41, 5.74) is 4.02. The molecular formula is C20H30N2O3. The van der Waals surface area contributed by atoms with Crippen LogP contribution in [0.15, 0.2) is 12.1 Å². The monoisotopic (exact) mass is 346 g/mol. The minimum Gasteiger partial charge on any atom is -0.480 e. The second-order valence-electron chi connectivity index (χ2n) is 7.45. The van der Waals surface area contributed by atoms with Gasteiger partial charge in [0.15, 0.2) is 0 Å². The number of aryl methyl sites for hydroxylation is 3. The first-order chi connectivity index (χ1) is 12.2. The van der Waals surface area contributed by atoms with Gasteiger partial charge in [0.25, 0.3) is 0 Å². The number of hydrogen-bond acceptors (Lipinski definition) is 4. The minimum atomic E-state index is -0.810. The predicted octanol–water partition coefficient (Wildman–Crippen LogP) is 2.75. The average molecular weight is 346 g/mol. The Balaban J connectivity index is 1.32. The highest BCUT2D eigenvalue weighted by Crippen LogP contribution is 2.33. The van der Waals surface area contributed by atoms with E-state index in [1.807, 2.05) is 0 Å². The van der Waals surface area contributed by atoms with E-state index in [0.29, 0.717) is 19.1 Å². The number of likely N-dealkylation sites (N-methyl/N-ethyl adjacent to an activating group) is 1. The van der Waals surface area contributed by atoms with Gasteiger partial charge in [-0.15, -0.1) is 0 Å². The van der Waals surface area contributed by atoms with E-state index in [9.17, 15) is 4.79 Å². The molecule has 0 saturated heterocycles. The van der Waals surface area contributed by atoms with Crippen LogP contribution in [-0.4, -0.2) is 41.9 Å². The molecule has 1 atom stereocenters. The zero-order valence-electron chi connectivity index (χ0n) is 15.2. The van der Waals surface area contributed by atoms with Crippen LogP contribution in [0.25, 0.3) is 0 Å². The molecular weight excluding hydrogens is 316 g/mol. The van der Waals surface area contributed by atoms with Gasteiger partial charge in [-0.05, 0) is 82.4 Å². The van der Waals surface area contributed by atoms with E-state index < -0.39 is 12.0 Å². The molecule has 5 heteroatoms. The predicted molar refractivity (Wildman–Crippen MR) is 96.8 cm³/mol. The summed E-state index contributed by atoms with van der Waals surface area (Å²) in [5.74, 6) is -0.0856. The number of carboxylic acid groups (broad SMARTS) is 1. The van der Waals surface area contributed by atoms with Crippen LogP contribution in [0.3, 0.4) is 0 Å². The van der Waals surface area contributed by atoms with Crippen molar-refractivity contribution in [3.05, 3.63) is 29.1 Å². The first kappa shape index (κ1) is 18.3. The van der Waals surface area contributed by atoms with Crippen molar-refractivity contribution in [2.24, 2.45) is 5.92 Å². The van der Waals surface area contributed by atoms with E-state index in [2.05, 4.69) is 17.4 Å². The van der Waals surface area contributed by atoms with Crippen molar-refractivity contribution < 1.29 is 14.6 Å². The lowest BCUT2D eigenvalue weighted by Gasteiger charge is -2.35. The van der Waals surface area contributed by atoms with Crippen LogP contribution in [-0.2, 0) is 28.8 Å². The molecule has 0 aromatic carbocycles. The zero-order valence-corrected chi connectivity index (χ0v) is 15.2. The quantitative estimate of drug-likeness (QED) is 0.719. The summed E-state index contributed by atoms with van der Waals surface area (Å²) in [6.45, 7) is 0.515. The smallest absolute Gasteiger partial charge is 0.320 e. The number of aliphatic carboxylic acids is 1. The van der Waals surface area contributed by atoms with Crippen LogP contribution >= 0.6 is 0 Å². The van der Waals surface area contributed by atoms with Gasteiger partial charge in [-0.2, -0.15) is 0 Å². The Bertz CT molecular complexity index is 584. The van der Waals surface area contributed by atoms with E-state index in [4.69, 9.17) is 14.8 Å². The molecule has 1 fully saturated rings. The average Bonchev–Trinajstić information content (AvgIpc) is 2.59. The molecule has 1 aromatic rings. The molecule has 2 aliphatic carbocycles. The number of aromatic nitrogens is 1. The third kappa shape index (κ3) is 5.02. The number of rotatable bonds is 9. The SMILES string of the molecule is CNC(CCOC1CC(CCc2ccc3c(n2)CCCC3)C1)C(=O)O. The van der Waals surface area contributed by atoms with Gasteiger partial charge in [0.1, 0.15) is 6.04 Å². The molecule has 3 rings (SSSR count). The number of nitrogens with zero attached hydrogens (tertiary/aromatic N) is 1. The summed E-state index contributed by atoms with van der Waals surface area (Å²) in [7, 11) is 1.67. The van der Waals surface area contributed by atoms with Crippen LogP contribution < -0.4 is 5.32 Å². The number of nitrogens with one attached hydrogen (secondary N) is 1. The Hall–Kier alpha value is -1.46. The zero-order chi connectivity index (χ0) is 17.6. The van der Waals surface area contributed by atoms with Crippen molar-refractivity contribution >= 4 is 5.97 Å². The fourth-order valence-electron chi connectivity index (χ4n) is 3.91. The highest BCUT2D eigenvalue weighted by molar-refractivity contribution is 5.73. The number of hydrogen-bond donors (Lipinski definition) is 2. The Morgan fingerprint density at radius 1 is 1.36 bits per heavy atom. The number of carbonyl (C=O) groups is 1. The van der Waals surface area contributed by atoms with E-state index in [1.54, 1.807) is 7.05 Å². The first-order valence-corrected chi connectivity index (χ1v) is 9.65. The lowest BCUT2D eigenvalue weighted by Crippen LogP contribution is -2.37. The lowest BCUT2D eigenvalue weighted by atomic mass is 9.79. The summed E-state index contributed by atoms with van der Waals surface area (Å²) in [5, 5.41) is 11.8. The topological polar surface area (TPSA) is 71.5 Å². The van der Waals surface area contributed by atoms with Crippen LogP contribution in [0.1, 0.15) is 55.5 Å². The first-order valence-electron chi connectivity index (χ1n) is 9.65. The molecule has 1 aromatic heterocycles. The lowest BCUT2D eigenvalue weighted by molar-refractivity contribution is -0.140. The molecule has 0 spiro atoms. The summed E-state index contributed by atoms with van der Waals surface area (Å²) in [6, 6.07) is 3.98. The third-order valence-corrected chi connectivity index (χ3v) is 5.64. The Morgan fingerprint density at radius 3 is 2.92 bits per heavy atom. The maximum atomic E-state index is 10.9. The van der Waals surface area contributed by atoms with Crippen molar-refractivity contribution in [2.45, 2.75) is 69.9 Å². The molecule has 2 aliphatic rings. The molecule has 0 bridgehead atoms. The van der Waals surface area contributed by atoms with E-state index in [1.165, 1.54) is 42.6 Å². The van der Waals surface area contributed by atoms with Crippen LogP contribution in [0, 0.1) is 5.92 Å². The molecule has 138 valence electrons. The van der Waals surface area contributed by atoms with E-state index in [0.717, 1.165) is 31.6 Å². The molecule has 0 aliphatic heterocycles. The molecule has 5 nitrogen and oxygen atoms in total. The summed E-state index contributed by atoms with van der Waals surface area (Å²) in [4.78, 5) is 15.8. The van der Waals surface area contributed by atoms with Gasteiger partial charge < -0.3 is 15.2 Å². The Labute approximate surface area is 150 Å². The highest BCUT2D eigenvalue weighted by atomic mass is 16.5. The van der Waals surface area contributed by atoms with Gasteiger partial charge >= 0.3 is 5.97 Å². The molecule has 1 unspecified atom stereocenters. The van der Waals surface area contributed by atoms with Crippen LogP contribution in [0.5, 0.6) is 0 Å². The van der Waals surface area contributed by atoms with Crippen molar-refractivity contribution in [1.29, 1.82) is 0 Å². The van der Waals surface area contributed by atoms with Crippen molar-refractivity contribution in [2.75, 3.05) is 13.7 Å². The number of fused-ring (bicyclic) bond motifs is 1. The van der Waals surface area contributed by atoms with Gasteiger partial charge in [-0.1, -0.05) is 6.07 Å². The fourth-order valence-corrected chi connectivity index (χ4v) is 3.91. The van der Waals surface area contributed by atoms with Gasteiger partial charge in [0, 0.05) is 18.0 Å². The normalized spacial score (nSPS) is 23.6. The van der Waals surface area contributed by atoms with Crippen molar-refractivity contribution in [3.8, 4) is 0 Å². The Morgan fingerprint density at radius 2 is 2.16 bits per heavy atom. The molecule has 25 heavy (non-hydrogen) atoms. The minimum absolute atomic E-state index is 0.313. The van der Waals surface area contributed by atoms with Gasteiger partial charge in [0.05, 0.1) is 6.10 Å². The van der Waals surface area contributed by atoms with Gasteiger partial charge in [-0.3, -0.25) is 9.78 Å². The summed E-state index contributed by atoms with van der Waals surface area (Å²) >= 11 is 0. The maximum absolute atomic E-state index is 10.9. The molecule has 1 heterocycles. The van der Waals surface area contributed by atoms with Crippen LogP contribution in [0.4, 0.5) is 0 Å². The maximum Gasteiger partial charge on any atom is 0.320 e. The summed E-state index contributed by atoms with van der Waals surface area (Å²) < 4.78 is 5.80. The summed E-state index contributed by atoms with van der Waals surface area (Å²) in [6.07, 6.45) is 10.2. The second kappa shape index (κ2) is 8.77. The largest absolute Gasteiger partial charge is 0.480 e. The van der Waals surface area contributed by atoms with Gasteiger partial charge in [0.2, 0.25) is 0 Å². The Kier molecular flexibility index (Phi) is 6.43. The fraction of sp³-hybridized carbons (Fsp3) is 0.700. The second-order valence-corrected chi connectivity index (χ2v) is 7.45. The number of carboxylic acids is 1. The van der Waals surface area contributed by atoms with E-state index in [-0.39, 0.29) is 0 Å². The highest BCUT2D eigenvalue weighted by Gasteiger charge is 2.30. The number of pyridine rings is 1.